The predicted octanol–water partition coefficient (Wildman–Crippen LogP) is 0.572. The van der Waals surface area contributed by atoms with E-state index >= 15 is 0 Å². The average Bonchev–Trinajstić information content (AvgIpc) is 2.69. The Morgan fingerprint density at radius 3 is 2.62 bits per heavy atom. The molecule has 1 aromatic heterocycles. The highest BCUT2D eigenvalue weighted by Gasteiger charge is 2.32. The molecular formula is C11H20N4O. The maximum Gasteiger partial charge on any atom is 0.150 e. The first-order chi connectivity index (χ1) is 7.43. The molecule has 0 radical (unpaired) electrons. The summed E-state index contributed by atoms with van der Waals surface area (Å²) in [7, 11) is 0. The van der Waals surface area contributed by atoms with Crippen LogP contribution in [0.5, 0.6) is 0 Å². The molecule has 1 aromatic rings. The first-order valence-electron chi connectivity index (χ1n) is 5.63. The minimum absolute atomic E-state index is 0.100. The Morgan fingerprint density at radius 1 is 1.38 bits per heavy atom. The second-order valence-corrected chi connectivity index (χ2v) is 5.28. The molecule has 0 aromatic carbocycles. The van der Waals surface area contributed by atoms with E-state index < -0.39 is 0 Å². The zero-order chi connectivity index (χ0) is 11.9. The molecule has 16 heavy (non-hydrogen) atoms. The number of aromatic nitrogens is 2. The van der Waals surface area contributed by atoms with Crippen LogP contribution in [0.3, 0.4) is 0 Å². The number of hydrogen-bond acceptors (Lipinski definition) is 4. The van der Waals surface area contributed by atoms with E-state index in [9.17, 15) is 0 Å². The number of aliphatic hydroxyl groups is 1. The molecule has 0 unspecified atom stereocenters. The fraction of sp³-hybridized carbons (Fsp3) is 0.727. The highest BCUT2D eigenvalue weighted by atomic mass is 16.3. The van der Waals surface area contributed by atoms with Gasteiger partial charge in [0.1, 0.15) is 5.82 Å². The minimum Gasteiger partial charge on any atom is -0.394 e. The number of rotatable bonds is 2. The molecule has 1 aliphatic heterocycles. The molecule has 5 heteroatoms. The van der Waals surface area contributed by atoms with Crippen molar-refractivity contribution in [3.05, 3.63) is 11.3 Å². The summed E-state index contributed by atoms with van der Waals surface area (Å²) < 4.78 is 1.83. The number of nitrogens with two attached hydrogens (primary N) is 1. The molecule has 3 N–H and O–H groups in total. The number of nitrogen functional groups attached to an aromatic ring is 1. The van der Waals surface area contributed by atoms with Crippen molar-refractivity contribution < 1.29 is 5.11 Å². The summed E-state index contributed by atoms with van der Waals surface area (Å²) in [5.41, 5.74) is 8.30. The molecule has 0 saturated heterocycles. The summed E-state index contributed by atoms with van der Waals surface area (Å²) in [5, 5.41) is 13.2. The van der Waals surface area contributed by atoms with Crippen LogP contribution in [-0.2, 0) is 19.6 Å². The van der Waals surface area contributed by atoms with Crippen LogP contribution >= 0.6 is 0 Å². The van der Waals surface area contributed by atoms with Crippen LogP contribution in [0.15, 0.2) is 0 Å². The molecule has 0 amide bonds. The Morgan fingerprint density at radius 2 is 2.06 bits per heavy atom. The molecule has 0 bridgehead atoms. The van der Waals surface area contributed by atoms with Gasteiger partial charge in [-0.3, -0.25) is 9.58 Å². The van der Waals surface area contributed by atoms with Crippen molar-refractivity contribution in [3.8, 4) is 0 Å². The maximum atomic E-state index is 8.97. The molecule has 5 nitrogen and oxygen atoms in total. The van der Waals surface area contributed by atoms with E-state index in [0.717, 1.165) is 24.3 Å². The van der Waals surface area contributed by atoms with Gasteiger partial charge in [0.25, 0.3) is 0 Å². The first-order valence-corrected chi connectivity index (χ1v) is 5.63. The van der Waals surface area contributed by atoms with Gasteiger partial charge in [-0.05, 0) is 20.8 Å². The first kappa shape index (κ1) is 11.4. The highest BCUT2D eigenvalue weighted by Crippen LogP contribution is 2.32. The van der Waals surface area contributed by atoms with E-state index in [2.05, 4.69) is 30.8 Å². The van der Waals surface area contributed by atoms with Crippen molar-refractivity contribution in [3.63, 3.8) is 0 Å². The van der Waals surface area contributed by atoms with Crippen molar-refractivity contribution >= 4 is 5.82 Å². The van der Waals surface area contributed by atoms with Crippen LogP contribution in [0.4, 0.5) is 5.82 Å². The molecule has 0 atom stereocenters. The van der Waals surface area contributed by atoms with Crippen LogP contribution in [0, 0.1) is 0 Å². The van der Waals surface area contributed by atoms with Gasteiger partial charge in [-0.2, -0.15) is 5.10 Å². The van der Waals surface area contributed by atoms with Gasteiger partial charge in [0.2, 0.25) is 0 Å². The number of aliphatic hydroxyl groups excluding tert-OH is 1. The SMILES string of the molecule is CC(C)(C)N1Cc2c(N)nn(CCO)c2C1. The van der Waals surface area contributed by atoms with Gasteiger partial charge < -0.3 is 10.8 Å². The van der Waals surface area contributed by atoms with Crippen LogP contribution < -0.4 is 5.73 Å². The number of anilines is 1. The number of fused-ring (bicyclic) bond motifs is 1. The smallest absolute Gasteiger partial charge is 0.150 e. The molecule has 2 heterocycles. The lowest BCUT2D eigenvalue weighted by atomic mass is 10.1. The zero-order valence-electron chi connectivity index (χ0n) is 10.2. The van der Waals surface area contributed by atoms with E-state index in [-0.39, 0.29) is 12.1 Å². The van der Waals surface area contributed by atoms with Crippen molar-refractivity contribution in [2.75, 3.05) is 12.3 Å². The van der Waals surface area contributed by atoms with E-state index in [1.807, 2.05) is 4.68 Å². The Hall–Kier alpha value is -1.07. The highest BCUT2D eigenvalue weighted by molar-refractivity contribution is 5.45. The quantitative estimate of drug-likeness (QED) is 0.771. The number of nitrogens with zero attached hydrogens (tertiary/aromatic N) is 3. The lowest BCUT2D eigenvalue weighted by Crippen LogP contribution is -2.37. The van der Waals surface area contributed by atoms with Gasteiger partial charge >= 0.3 is 0 Å². The lowest BCUT2D eigenvalue weighted by molar-refractivity contribution is 0.132. The molecular weight excluding hydrogens is 204 g/mol. The molecule has 0 aliphatic carbocycles. The molecule has 1 aliphatic rings. The Balaban J connectivity index is 2.27. The average molecular weight is 224 g/mol. The van der Waals surface area contributed by atoms with Crippen molar-refractivity contribution in [1.29, 1.82) is 0 Å². The van der Waals surface area contributed by atoms with Crippen molar-refractivity contribution in [2.45, 2.75) is 45.9 Å². The van der Waals surface area contributed by atoms with Crippen LogP contribution in [0.25, 0.3) is 0 Å². The maximum absolute atomic E-state index is 8.97. The summed E-state index contributed by atoms with van der Waals surface area (Å²) >= 11 is 0. The van der Waals surface area contributed by atoms with Crippen LogP contribution in [0.1, 0.15) is 32.0 Å². The van der Waals surface area contributed by atoms with Gasteiger partial charge in [0.15, 0.2) is 0 Å². The Kier molecular flexibility index (Phi) is 2.67. The van der Waals surface area contributed by atoms with E-state index in [1.54, 1.807) is 0 Å². The van der Waals surface area contributed by atoms with Gasteiger partial charge in [0.05, 0.1) is 18.8 Å². The monoisotopic (exact) mass is 224 g/mol. The van der Waals surface area contributed by atoms with Gasteiger partial charge in [-0.15, -0.1) is 0 Å². The summed E-state index contributed by atoms with van der Waals surface area (Å²) in [5.74, 6) is 0.607. The fourth-order valence-electron chi connectivity index (χ4n) is 2.09. The largest absolute Gasteiger partial charge is 0.394 e. The second-order valence-electron chi connectivity index (χ2n) is 5.28. The van der Waals surface area contributed by atoms with Gasteiger partial charge in [-0.25, -0.2) is 0 Å². The summed E-state index contributed by atoms with van der Waals surface area (Å²) in [6.45, 7) is 8.93. The third-order valence-corrected chi connectivity index (χ3v) is 3.15. The minimum atomic E-state index is 0.100. The topological polar surface area (TPSA) is 67.3 Å². The van der Waals surface area contributed by atoms with E-state index in [0.29, 0.717) is 12.4 Å². The normalized spacial score (nSPS) is 16.8. The molecule has 2 rings (SSSR count). The van der Waals surface area contributed by atoms with Crippen molar-refractivity contribution in [1.82, 2.24) is 14.7 Å². The van der Waals surface area contributed by atoms with Crippen LogP contribution in [-0.4, -0.2) is 31.9 Å². The Labute approximate surface area is 95.8 Å². The number of hydrogen-bond donors (Lipinski definition) is 2. The summed E-state index contributed by atoms with van der Waals surface area (Å²) in [4.78, 5) is 2.36. The fourth-order valence-corrected chi connectivity index (χ4v) is 2.09. The Bertz CT molecular complexity index is 391. The zero-order valence-corrected chi connectivity index (χ0v) is 10.2. The standard InChI is InChI=1S/C11H20N4O/c1-11(2,3)14-6-8-9(7-14)15(4-5-16)13-10(8)12/h16H,4-7H2,1-3H3,(H2,12,13). The third-order valence-electron chi connectivity index (χ3n) is 3.15. The van der Waals surface area contributed by atoms with Crippen LogP contribution in [0.2, 0.25) is 0 Å². The predicted molar refractivity (Wildman–Crippen MR) is 62.7 cm³/mol. The van der Waals surface area contributed by atoms with Gasteiger partial charge in [0, 0.05) is 24.2 Å². The molecule has 0 fully saturated rings. The third kappa shape index (κ3) is 1.81. The van der Waals surface area contributed by atoms with Gasteiger partial charge in [-0.1, -0.05) is 0 Å². The van der Waals surface area contributed by atoms with Crippen molar-refractivity contribution in [2.24, 2.45) is 0 Å². The molecule has 0 spiro atoms. The second kappa shape index (κ2) is 3.75. The summed E-state index contributed by atoms with van der Waals surface area (Å²) in [6, 6.07) is 0. The van der Waals surface area contributed by atoms with E-state index in [4.69, 9.17) is 10.8 Å². The molecule has 0 saturated carbocycles. The lowest BCUT2D eigenvalue weighted by Gasteiger charge is -2.31. The summed E-state index contributed by atoms with van der Waals surface area (Å²) in [6.07, 6.45) is 0. The van der Waals surface area contributed by atoms with E-state index in [1.165, 1.54) is 0 Å². The molecule has 90 valence electrons.